The van der Waals surface area contributed by atoms with Crippen LogP contribution in [0.2, 0.25) is 10.0 Å². The molecule has 0 heterocycles. The summed E-state index contributed by atoms with van der Waals surface area (Å²) in [5, 5.41) is 1.98. The number of hydrogen-bond donors (Lipinski definition) is 0. The minimum atomic E-state index is 0.505. The molecule has 0 aliphatic heterocycles. The van der Waals surface area contributed by atoms with Gasteiger partial charge in [0.05, 0.1) is 23.3 Å². The van der Waals surface area contributed by atoms with Crippen LogP contribution in [-0.4, -0.2) is 11.9 Å². The number of alkyl halides is 1. The molecule has 0 saturated carbocycles. The molecular weight excluding hydrogens is 275 g/mol. The van der Waals surface area contributed by atoms with Gasteiger partial charge in [0, 0.05) is 5.33 Å². The summed E-state index contributed by atoms with van der Waals surface area (Å²) in [6, 6.07) is 5.53. The third kappa shape index (κ3) is 3.47. The lowest BCUT2D eigenvalue weighted by Gasteiger charge is -2.05. The molecular formula is C9H9BrCl2O. The number of rotatable bonds is 4. The van der Waals surface area contributed by atoms with E-state index in [-0.39, 0.29) is 0 Å². The first-order chi connectivity index (χ1) is 6.25. The quantitative estimate of drug-likeness (QED) is 0.601. The molecule has 13 heavy (non-hydrogen) atoms. The van der Waals surface area contributed by atoms with Crippen molar-refractivity contribution in [3.63, 3.8) is 0 Å². The van der Waals surface area contributed by atoms with Gasteiger partial charge in [0.2, 0.25) is 0 Å². The van der Waals surface area contributed by atoms with Crippen LogP contribution in [0.3, 0.4) is 0 Å². The van der Waals surface area contributed by atoms with Crippen molar-refractivity contribution >= 4 is 39.1 Å². The van der Waals surface area contributed by atoms with E-state index in [1.165, 1.54) is 0 Å². The Hall–Kier alpha value is 0.240. The molecule has 1 aromatic carbocycles. The Morgan fingerprint density at radius 2 is 2.08 bits per heavy atom. The Morgan fingerprint density at radius 3 is 2.77 bits per heavy atom. The highest BCUT2D eigenvalue weighted by Gasteiger charge is 2.03. The summed E-state index contributed by atoms with van der Waals surface area (Å²) in [5.74, 6) is 0. The summed E-state index contributed by atoms with van der Waals surface area (Å²) < 4.78 is 5.31. The second kappa shape index (κ2) is 5.86. The average molecular weight is 284 g/mol. The van der Waals surface area contributed by atoms with E-state index in [1.807, 2.05) is 12.1 Å². The maximum absolute atomic E-state index is 5.95. The number of benzene rings is 1. The van der Waals surface area contributed by atoms with E-state index in [9.17, 15) is 0 Å². The van der Waals surface area contributed by atoms with Crippen molar-refractivity contribution in [2.24, 2.45) is 0 Å². The summed E-state index contributed by atoms with van der Waals surface area (Å²) in [6.45, 7) is 1.17. The predicted octanol–water partition coefficient (Wildman–Crippen LogP) is 3.90. The molecule has 0 bridgehead atoms. The van der Waals surface area contributed by atoms with E-state index < -0.39 is 0 Å². The fraction of sp³-hybridized carbons (Fsp3) is 0.333. The zero-order valence-corrected chi connectivity index (χ0v) is 9.99. The van der Waals surface area contributed by atoms with Crippen molar-refractivity contribution < 1.29 is 4.74 Å². The molecule has 0 aliphatic rings. The normalized spacial score (nSPS) is 10.4. The Bertz CT molecular complexity index is 278. The molecule has 1 nitrogen and oxygen atoms in total. The van der Waals surface area contributed by atoms with E-state index in [0.717, 1.165) is 10.9 Å². The van der Waals surface area contributed by atoms with Gasteiger partial charge in [-0.2, -0.15) is 0 Å². The van der Waals surface area contributed by atoms with Crippen LogP contribution in [0.5, 0.6) is 0 Å². The number of halogens is 3. The first kappa shape index (κ1) is 11.3. The van der Waals surface area contributed by atoms with Crippen molar-refractivity contribution in [1.82, 2.24) is 0 Å². The molecule has 1 rings (SSSR count). The van der Waals surface area contributed by atoms with E-state index in [2.05, 4.69) is 15.9 Å². The SMILES string of the molecule is Clc1cccc(COCCBr)c1Cl. The second-order valence-corrected chi connectivity index (χ2v) is 4.03. The molecule has 0 radical (unpaired) electrons. The number of ether oxygens (including phenoxy) is 1. The minimum Gasteiger partial charge on any atom is -0.376 e. The van der Waals surface area contributed by atoms with Gasteiger partial charge < -0.3 is 4.74 Å². The molecule has 0 saturated heterocycles. The molecule has 4 heteroatoms. The molecule has 0 unspecified atom stereocenters. The molecule has 72 valence electrons. The Balaban J connectivity index is 2.61. The van der Waals surface area contributed by atoms with Crippen LogP contribution >= 0.6 is 39.1 Å². The zero-order valence-electron chi connectivity index (χ0n) is 6.90. The van der Waals surface area contributed by atoms with Crippen LogP contribution in [0.4, 0.5) is 0 Å². The predicted molar refractivity (Wildman–Crippen MR) is 59.9 cm³/mol. The lowest BCUT2D eigenvalue weighted by atomic mass is 10.2. The van der Waals surface area contributed by atoms with Gasteiger partial charge in [-0.25, -0.2) is 0 Å². The third-order valence-corrected chi connectivity index (χ3v) is 2.69. The lowest BCUT2D eigenvalue weighted by molar-refractivity contribution is 0.137. The number of hydrogen-bond acceptors (Lipinski definition) is 1. The fourth-order valence-corrected chi connectivity index (χ4v) is 1.50. The largest absolute Gasteiger partial charge is 0.376 e. The average Bonchev–Trinajstić information content (AvgIpc) is 2.13. The van der Waals surface area contributed by atoms with Crippen LogP contribution in [-0.2, 0) is 11.3 Å². The van der Waals surface area contributed by atoms with Crippen LogP contribution in [0, 0.1) is 0 Å². The first-order valence-corrected chi connectivity index (χ1v) is 5.70. The van der Waals surface area contributed by atoms with Gasteiger partial charge in [-0.15, -0.1) is 0 Å². The monoisotopic (exact) mass is 282 g/mol. The van der Waals surface area contributed by atoms with E-state index in [4.69, 9.17) is 27.9 Å². The van der Waals surface area contributed by atoms with Crippen LogP contribution < -0.4 is 0 Å². The van der Waals surface area contributed by atoms with Gasteiger partial charge in [-0.05, 0) is 11.6 Å². The van der Waals surface area contributed by atoms with Crippen molar-refractivity contribution in [1.29, 1.82) is 0 Å². The topological polar surface area (TPSA) is 9.23 Å². The van der Waals surface area contributed by atoms with E-state index in [0.29, 0.717) is 23.3 Å². The summed E-state index contributed by atoms with van der Waals surface area (Å²) >= 11 is 15.1. The summed E-state index contributed by atoms with van der Waals surface area (Å²) in [4.78, 5) is 0. The van der Waals surface area contributed by atoms with Crippen LogP contribution in [0.1, 0.15) is 5.56 Å². The standard InChI is InChI=1S/C9H9BrCl2O/c10-4-5-13-6-7-2-1-3-8(11)9(7)12/h1-3H,4-6H2. The Morgan fingerprint density at radius 1 is 1.31 bits per heavy atom. The highest BCUT2D eigenvalue weighted by atomic mass is 79.9. The van der Waals surface area contributed by atoms with Crippen molar-refractivity contribution in [2.75, 3.05) is 11.9 Å². The second-order valence-electron chi connectivity index (χ2n) is 2.45. The highest BCUT2D eigenvalue weighted by molar-refractivity contribution is 9.09. The summed E-state index contributed by atoms with van der Waals surface area (Å²) in [5.41, 5.74) is 0.926. The molecule has 1 aromatic rings. The molecule has 0 amide bonds. The smallest absolute Gasteiger partial charge is 0.0732 e. The molecule has 0 aromatic heterocycles. The van der Waals surface area contributed by atoms with Crippen LogP contribution in [0.15, 0.2) is 18.2 Å². The van der Waals surface area contributed by atoms with Crippen LogP contribution in [0.25, 0.3) is 0 Å². The van der Waals surface area contributed by atoms with Crippen molar-refractivity contribution in [2.45, 2.75) is 6.61 Å². The van der Waals surface area contributed by atoms with Gasteiger partial charge in [-0.1, -0.05) is 51.3 Å². The zero-order chi connectivity index (χ0) is 9.68. The molecule has 0 atom stereocenters. The van der Waals surface area contributed by atoms with E-state index in [1.54, 1.807) is 6.07 Å². The van der Waals surface area contributed by atoms with E-state index >= 15 is 0 Å². The van der Waals surface area contributed by atoms with Gasteiger partial charge in [-0.3, -0.25) is 0 Å². The van der Waals surface area contributed by atoms with Gasteiger partial charge in [0.15, 0.2) is 0 Å². The van der Waals surface area contributed by atoms with Gasteiger partial charge in [0.25, 0.3) is 0 Å². The van der Waals surface area contributed by atoms with Gasteiger partial charge in [0.1, 0.15) is 0 Å². The third-order valence-electron chi connectivity index (χ3n) is 1.51. The fourth-order valence-electron chi connectivity index (χ4n) is 0.897. The molecule has 0 spiro atoms. The molecule has 0 fully saturated rings. The molecule has 0 N–H and O–H groups in total. The Kier molecular flexibility index (Phi) is 5.10. The maximum Gasteiger partial charge on any atom is 0.0732 e. The lowest BCUT2D eigenvalue weighted by Crippen LogP contribution is -1.96. The van der Waals surface area contributed by atoms with Gasteiger partial charge >= 0.3 is 0 Å². The first-order valence-electron chi connectivity index (χ1n) is 3.82. The Labute approximate surface area is 96.1 Å². The van der Waals surface area contributed by atoms with Crippen molar-refractivity contribution in [3.05, 3.63) is 33.8 Å². The highest BCUT2D eigenvalue weighted by Crippen LogP contribution is 2.25. The van der Waals surface area contributed by atoms with Crippen molar-refractivity contribution in [3.8, 4) is 0 Å². The summed E-state index contributed by atoms with van der Waals surface area (Å²) in [6.07, 6.45) is 0. The minimum absolute atomic E-state index is 0.505. The molecule has 0 aliphatic carbocycles. The summed E-state index contributed by atoms with van der Waals surface area (Å²) in [7, 11) is 0. The maximum atomic E-state index is 5.95.